The Morgan fingerprint density at radius 1 is 1.53 bits per heavy atom. The molecule has 0 aliphatic heterocycles. The van der Waals surface area contributed by atoms with Crippen molar-refractivity contribution in [2.75, 3.05) is 19.0 Å². The van der Waals surface area contributed by atoms with Crippen molar-refractivity contribution in [1.29, 1.82) is 5.26 Å². The number of anilines is 1. The molecule has 0 amide bonds. The zero-order chi connectivity index (χ0) is 11.4. The van der Waals surface area contributed by atoms with Gasteiger partial charge in [0.1, 0.15) is 12.3 Å². The molecular weight excluding hydrogens is 212 g/mol. The maximum atomic E-state index is 8.52. The molecule has 0 aliphatic carbocycles. The molecule has 80 valence electrons. The normalized spacial score (nSPS) is 9.53. The zero-order valence-electron chi connectivity index (χ0n) is 9.02. The molecule has 3 nitrogen and oxygen atoms in total. The van der Waals surface area contributed by atoms with E-state index in [1.54, 1.807) is 7.11 Å². The van der Waals surface area contributed by atoms with Crippen molar-refractivity contribution in [3.8, 4) is 11.8 Å². The predicted octanol–water partition coefficient (Wildman–Crippen LogP) is 2.90. The third-order valence-electron chi connectivity index (χ3n) is 2.21. The minimum Gasteiger partial charge on any atom is -0.495 e. The van der Waals surface area contributed by atoms with E-state index in [1.807, 2.05) is 26.0 Å². The zero-order valence-corrected chi connectivity index (χ0v) is 9.77. The topological polar surface area (TPSA) is 45.0 Å². The highest BCUT2D eigenvalue weighted by Gasteiger charge is 2.11. The van der Waals surface area contributed by atoms with E-state index in [9.17, 15) is 0 Å². The van der Waals surface area contributed by atoms with Crippen LogP contribution in [0.1, 0.15) is 11.1 Å². The van der Waals surface area contributed by atoms with Gasteiger partial charge in [0.25, 0.3) is 0 Å². The monoisotopic (exact) mass is 224 g/mol. The van der Waals surface area contributed by atoms with Gasteiger partial charge in [-0.2, -0.15) is 5.26 Å². The van der Waals surface area contributed by atoms with Crippen LogP contribution in [0.2, 0.25) is 5.02 Å². The molecule has 0 aliphatic rings. The van der Waals surface area contributed by atoms with Gasteiger partial charge in [0.05, 0.1) is 18.9 Å². The third-order valence-corrected chi connectivity index (χ3v) is 2.79. The molecule has 1 aromatic rings. The van der Waals surface area contributed by atoms with Crippen molar-refractivity contribution >= 4 is 17.3 Å². The lowest BCUT2D eigenvalue weighted by Gasteiger charge is -2.15. The summed E-state index contributed by atoms with van der Waals surface area (Å²) in [4.78, 5) is 0. The highest BCUT2D eigenvalue weighted by Crippen LogP contribution is 2.35. The molecule has 0 radical (unpaired) electrons. The summed E-state index contributed by atoms with van der Waals surface area (Å²) in [7, 11) is 1.60. The number of hydrogen-bond donors (Lipinski definition) is 1. The van der Waals surface area contributed by atoms with E-state index in [0.29, 0.717) is 10.8 Å². The Morgan fingerprint density at radius 2 is 2.20 bits per heavy atom. The quantitative estimate of drug-likeness (QED) is 0.803. The third kappa shape index (κ3) is 2.34. The van der Waals surface area contributed by atoms with E-state index in [2.05, 4.69) is 5.32 Å². The van der Waals surface area contributed by atoms with Gasteiger partial charge >= 0.3 is 0 Å². The first-order valence-electron chi connectivity index (χ1n) is 4.56. The van der Waals surface area contributed by atoms with E-state index >= 15 is 0 Å². The number of aryl methyl sites for hydroxylation is 1. The molecule has 15 heavy (non-hydrogen) atoms. The average molecular weight is 225 g/mol. The highest BCUT2D eigenvalue weighted by molar-refractivity contribution is 6.32. The summed E-state index contributed by atoms with van der Waals surface area (Å²) in [5.74, 6) is 0.713. The first kappa shape index (κ1) is 11.7. The van der Waals surface area contributed by atoms with Crippen molar-refractivity contribution in [3.05, 3.63) is 22.2 Å². The highest BCUT2D eigenvalue weighted by atomic mass is 35.5. The van der Waals surface area contributed by atoms with Gasteiger partial charge in [-0.1, -0.05) is 11.6 Å². The predicted molar refractivity (Wildman–Crippen MR) is 61.6 cm³/mol. The Kier molecular flexibility index (Phi) is 3.81. The largest absolute Gasteiger partial charge is 0.495 e. The summed E-state index contributed by atoms with van der Waals surface area (Å²) < 4.78 is 5.23. The van der Waals surface area contributed by atoms with E-state index in [-0.39, 0.29) is 6.54 Å². The van der Waals surface area contributed by atoms with Crippen molar-refractivity contribution < 1.29 is 4.74 Å². The number of benzene rings is 1. The standard InChI is InChI=1S/C11H13ClN2O/c1-7-6-9(15-3)11(14-5-4-13)8(2)10(7)12/h6,14H,5H2,1-3H3. The second-order valence-corrected chi connectivity index (χ2v) is 3.60. The number of nitrogens with one attached hydrogen (secondary N) is 1. The van der Waals surface area contributed by atoms with Crippen molar-refractivity contribution in [3.63, 3.8) is 0 Å². The van der Waals surface area contributed by atoms with Crippen LogP contribution in [0, 0.1) is 25.2 Å². The Labute approximate surface area is 94.6 Å². The molecular formula is C11H13ClN2O. The van der Waals surface area contributed by atoms with Gasteiger partial charge in [-0.15, -0.1) is 0 Å². The second-order valence-electron chi connectivity index (χ2n) is 3.22. The summed E-state index contributed by atoms with van der Waals surface area (Å²) in [6, 6.07) is 3.88. The molecule has 0 spiro atoms. The fraction of sp³-hybridized carbons (Fsp3) is 0.364. The van der Waals surface area contributed by atoms with E-state index in [0.717, 1.165) is 16.8 Å². The summed E-state index contributed by atoms with van der Waals surface area (Å²) >= 11 is 6.11. The van der Waals surface area contributed by atoms with Gasteiger partial charge in [0.15, 0.2) is 0 Å². The minimum absolute atomic E-state index is 0.233. The Bertz CT molecular complexity index is 410. The average Bonchev–Trinajstić information content (AvgIpc) is 2.24. The fourth-order valence-electron chi connectivity index (χ4n) is 1.43. The summed E-state index contributed by atoms with van der Waals surface area (Å²) in [6.45, 7) is 4.06. The Morgan fingerprint density at radius 3 is 2.73 bits per heavy atom. The lowest BCUT2D eigenvalue weighted by Crippen LogP contribution is -2.04. The minimum atomic E-state index is 0.233. The molecule has 1 rings (SSSR count). The second kappa shape index (κ2) is 4.90. The van der Waals surface area contributed by atoms with Crippen LogP contribution in [0.3, 0.4) is 0 Å². The number of nitrogens with zero attached hydrogens (tertiary/aromatic N) is 1. The van der Waals surface area contributed by atoms with Crippen molar-refractivity contribution in [1.82, 2.24) is 0 Å². The van der Waals surface area contributed by atoms with Gasteiger partial charge in [0.2, 0.25) is 0 Å². The molecule has 4 heteroatoms. The molecule has 1 aromatic carbocycles. The molecule has 0 fully saturated rings. The number of hydrogen-bond acceptors (Lipinski definition) is 3. The SMILES string of the molecule is COc1cc(C)c(Cl)c(C)c1NCC#N. The molecule has 0 atom stereocenters. The van der Waals surface area contributed by atoms with Crippen LogP contribution < -0.4 is 10.1 Å². The number of rotatable bonds is 3. The van der Waals surface area contributed by atoms with Crippen molar-refractivity contribution in [2.24, 2.45) is 0 Å². The van der Waals surface area contributed by atoms with Crippen LogP contribution in [-0.4, -0.2) is 13.7 Å². The van der Waals surface area contributed by atoms with Gasteiger partial charge in [0, 0.05) is 5.02 Å². The van der Waals surface area contributed by atoms with Crippen LogP contribution in [0.4, 0.5) is 5.69 Å². The molecule has 0 unspecified atom stereocenters. The first-order chi connectivity index (χ1) is 7.11. The number of ether oxygens (including phenoxy) is 1. The first-order valence-corrected chi connectivity index (χ1v) is 4.94. The van der Waals surface area contributed by atoms with E-state index in [1.165, 1.54) is 0 Å². The van der Waals surface area contributed by atoms with E-state index in [4.69, 9.17) is 21.6 Å². The molecule has 0 heterocycles. The van der Waals surface area contributed by atoms with Crippen LogP contribution in [0.25, 0.3) is 0 Å². The van der Waals surface area contributed by atoms with Crippen molar-refractivity contribution in [2.45, 2.75) is 13.8 Å². The molecule has 1 N–H and O–H groups in total. The molecule has 0 saturated heterocycles. The smallest absolute Gasteiger partial charge is 0.142 e. The molecule has 0 saturated carbocycles. The fourth-order valence-corrected chi connectivity index (χ4v) is 1.58. The number of nitriles is 1. The maximum absolute atomic E-state index is 8.52. The Hall–Kier alpha value is -1.40. The van der Waals surface area contributed by atoms with Crippen LogP contribution in [-0.2, 0) is 0 Å². The van der Waals surface area contributed by atoms with Gasteiger partial charge in [-0.25, -0.2) is 0 Å². The lowest BCUT2D eigenvalue weighted by atomic mass is 10.1. The lowest BCUT2D eigenvalue weighted by molar-refractivity contribution is 0.416. The van der Waals surface area contributed by atoms with Crippen LogP contribution in [0.15, 0.2) is 6.07 Å². The number of methoxy groups -OCH3 is 1. The van der Waals surface area contributed by atoms with Gasteiger partial charge in [-0.3, -0.25) is 0 Å². The van der Waals surface area contributed by atoms with Crippen LogP contribution >= 0.6 is 11.6 Å². The molecule has 0 bridgehead atoms. The summed E-state index contributed by atoms with van der Waals surface area (Å²) in [6.07, 6.45) is 0. The summed E-state index contributed by atoms with van der Waals surface area (Å²) in [5.41, 5.74) is 2.66. The summed E-state index contributed by atoms with van der Waals surface area (Å²) in [5, 5.41) is 12.2. The van der Waals surface area contributed by atoms with E-state index < -0.39 is 0 Å². The van der Waals surface area contributed by atoms with Gasteiger partial charge < -0.3 is 10.1 Å². The van der Waals surface area contributed by atoms with Gasteiger partial charge in [-0.05, 0) is 31.0 Å². The maximum Gasteiger partial charge on any atom is 0.142 e. The Balaban J connectivity index is 3.22. The van der Waals surface area contributed by atoms with Crippen LogP contribution in [0.5, 0.6) is 5.75 Å². The number of halogens is 1. The molecule has 0 aromatic heterocycles.